The fourth-order valence-corrected chi connectivity index (χ4v) is 0.984. The summed E-state index contributed by atoms with van der Waals surface area (Å²) in [6.07, 6.45) is 2.40. The topological polar surface area (TPSA) is 83.8 Å². The number of rotatable bonds is 2. The molecular formula is C11H10O5. The van der Waals surface area contributed by atoms with Gasteiger partial charge in [0.05, 0.1) is 0 Å². The van der Waals surface area contributed by atoms with Crippen LogP contribution in [0.1, 0.15) is 12.5 Å². The van der Waals surface area contributed by atoms with Crippen LogP contribution >= 0.6 is 0 Å². The second-order valence-electron chi connectivity index (χ2n) is 2.99. The Bertz CT molecular complexity index is 448. The zero-order chi connectivity index (χ0) is 12.1. The third-order valence-electron chi connectivity index (χ3n) is 1.66. The molecular weight excluding hydrogens is 212 g/mol. The fourth-order valence-electron chi connectivity index (χ4n) is 0.984. The van der Waals surface area contributed by atoms with Gasteiger partial charge < -0.3 is 14.9 Å². The summed E-state index contributed by atoms with van der Waals surface area (Å²) in [6.45, 7) is 1.12. The Kier molecular flexibility index (Phi) is 3.66. The average molecular weight is 222 g/mol. The van der Waals surface area contributed by atoms with E-state index in [1.807, 2.05) is 0 Å². The third-order valence-corrected chi connectivity index (χ3v) is 1.66. The highest BCUT2D eigenvalue weighted by Gasteiger charge is 2.01. The van der Waals surface area contributed by atoms with E-state index in [2.05, 4.69) is 4.74 Å². The SMILES string of the molecule is CC(=O)OC(=O)C=Cc1ccc(O)c(O)c1. The summed E-state index contributed by atoms with van der Waals surface area (Å²) in [7, 11) is 0. The number of carbonyl (C=O) groups is 2. The number of hydrogen-bond acceptors (Lipinski definition) is 5. The molecule has 0 aliphatic rings. The number of aromatic hydroxyl groups is 2. The van der Waals surface area contributed by atoms with Crippen LogP contribution in [0.2, 0.25) is 0 Å². The minimum atomic E-state index is -0.792. The minimum absolute atomic E-state index is 0.247. The lowest BCUT2D eigenvalue weighted by Crippen LogP contribution is -2.05. The predicted octanol–water partition coefficient (Wildman–Crippen LogP) is 1.20. The number of esters is 2. The molecule has 0 saturated carbocycles. The van der Waals surface area contributed by atoms with E-state index in [1.165, 1.54) is 24.3 Å². The zero-order valence-corrected chi connectivity index (χ0v) is 8.51. The maximum absolute atomic E-state index is 10.9. The van der Waals surface area contributed by atoms with Crippen molar-refractivity contribution < 1.29 is 24.5 Å². The van der Waals surface area contributed by atoms with Crippen molar-refractivity contribution in [3.63, 3.8) is 0 Å². The average Bonchev–Trinajstić information content (AvgIpc) is 2.19. The van der Waals surface area contributed by atoms with E-state index in [0.717, 1.165) is 13.0 Å². The van der Waals surface area contributed by atoms with Gasteiger partial charge in [0.2, 0.25) is 0 Å². The van der Waals surface area contributed by atoms with Crippen molar-refractivity contribution in [2.45, 2.75) is 6.92 Å². The van der Waals surface area contributed by atoms with Crippen LogP contribution < -0.4 is 0 Å². The van der Waals surface area contributed by atoms with Crippen LogP contribution in [0, 0.1) is 0 Å². The molecule has 16 heavy (non-hydrogen) atoms. The van der Waals surface area contributed by atoms with Gasteiger partial charge in [-0.3, -0.25) is 4.79 Å². The molecule has 0 amide bonds. The van der Waals surface area contributed by atoms with Crippen LogP contribution in [-0.2, 0) is 14.3 Å². The molecule has 2 N–H and O–H groups in total. The van der Waals surface area contributed by atoms with Gasteiger partial charge >= 0.3 is 11.9 Å². The van der Waals surface area contributed by atoms with Crippen molar-refractivity contribution in [2.75, 3.05) is 0 Å². The van der Waals surface area contributed by atoms with Crippen LogP contribution in [0.3, 0.4) is 0 Å². The van der Waals surface area contributed by atoms with Gasteiger partial charge in [0, 0.05) is 13.0 Å². The monoisotopic (exact) mass is 222 g/mol. The summed E-state index contributed by atoms with van der Waals surface area (Å²) in [5, 5.41) is 18.2. The first-order valence-corrected chi connectivity index (χ1v) is 4.41. The second-order valence-corrected chi connectivity index (χ2v) is 2.99. The van der Waals surface area contributed by atoms with E-state index in [9.17, 15) is 9.59 Å². The Hall–Kier alpha value is -2.30. The first-order chi connectivity index (χ1) is 7.49. The summed E-state index contributed by atoms with van der Waals surface area (Å²) in [6, 6.07) is 4.05. The number of ether oxygens (including phenoxy) is 1. The lowest BCUT2D eigenvalue weighted by Gasteiger charge is -1.98. The summed E-state index contributed by atoms with van der Waals surface area (Å²) in [5.41, 5.74) is 0.496. The number of carbonyl (C=O) groups excluding carboxylic acids is 2. The van der Waals surface area contributed by atoms with Gasteiger partial charge in [-0.25, -0.2) is 4.79 Å². The Morgan fingerprint density at radius 3 is 2.50 bits per heavy atom. The molecule has 0 spiro atoms. The Balaban J connectivity index is 2.73. The normalized spacial score (nSPS) is 10.3. The maximum Gasteiger partial charge on any atom is 0.338 e. The molecule has 0 aliphatic heterocycles. The highest BCUT2D eigenvalue weighted by Crippen LogP contribution is 2.25. The molecule has 0 aromatic heterocycles. The van der Waals surface area contributed by atoms with Gasteiger partial charge in [-0.15, -0.1) is 0 Å². The van der Waals surface area contributed by atoms with Crippen molar-refractivity contribution in [1.82, 2.24) is 0 Å². The van der Waals surface area contributed by atoms with E-state index < -0.39 is 11.9 Å². The zero-order valence-electron chi connectivity index (χ0n) is 8.51. The number of hydrogen-bond donors (Lipinski definition) is 2. The van der Waals surface area contributed by atoms with Crippen molar-refractivity contribution >= 4 is 18.0 Å². The number of benzene rings is 1. The van der Waals surface area contributed by atoms with Gasteiger partial charge in [-0.1, -0.05) is 6.07 Å². The third kappa shape index (κ3) is 3.45. The summed E-state index contributed by atoms with van der Waals surface area (Å²) < 4.78 is 4.25. The Morgan fingerprint density at radius 2 is 1.94 bits per heavy atom. The van der Waals surface area contributed by atoms with Crippen LogP contribution in [-0.4, -0.2) is 22.2 Å². The largest absolute Gasteiger partial charge is 0.504 e. The molecule has 0 radical (unpaired) electrons. The van der Waals surface area contributed by atoms with Gasteiger partial charge in [0.1, 0.15) is 0 Å². The lowest BCUT2D eigenvalue weighted by atomic mass is 10.2. The smallest absolute Gasteiger partial charge is 0.338 e. The van der Waals surface area contributed by atoms with Crippen LogP contribution in [0.5, 0.6) is 11.5 Å². The quantitative estimate of drug-likeness (QED) is 0.340. The molecule has 1 aromatic rings. The second kappa shape index (κ2) is 4.97. The van der Waals surface area contributed by atoms with Crippen molar-refractivity contribution in [2.24, 2.45) is 0 Å². The van der Waals surface area contributed by atoms with Crippen LogP contribution in [0.4, 0.5) is 0 Å². The highest BCUT2D eigenvalue weighted by atomic mass is 16.6. The molecule has 0 heterocycles. The van der Waals surface area contributed by atoms with E-state index in [4.69, 9.17) is 10.2 Å². The molecule has 0 atom stereocenters. The van der Waals surface area contributed by atoms with Crippen LogP contribution in [0.15, 0.2) is 24.3 Å². The van der Waals surface area contributed by atoms with Crippen molar-refractivity contribution in [3.05, 3.63) is 29.8 Å². The molecule has 5 heteroatoms. The van der Waals surface area contributed by atoms with Crippen LogP contribution in [0.25, 0.3) is 6.08 Å². The fraction of sp³-hybridized carbons (Fsp3) is 0.0909. The Morgan fingerprint density at radius 1 is 1.25 bits per heavy atom. The van der Waals surface area contributed by atoms with Gasteiger partial charge in [0.25, 0.3) is 0 Å². The maximum atomic E-state index is 10.9. The van der Waals surface area contributed by atoms with Gasteiger partial charge in [-0.05, 0) is 23.8 Å². The van der Waals surface area contributed by atoms with Crippen molar-refractivity contribution in [1.29, 1.82) is 0 Å². The van der Waals surface area contributed by atoms with Crippen molar-refractivity contribution in [3.8, 4) is 11.5 Å². The molecule has 0 aliphatic carbocycles. The van der Waals surface area contributed by atoms with E-state index in [-0.39, 0.29) is 11.5 Å². The molecule has 0 unspecified atom stereocenters. The van der Waals surface area contributed by atoms with E-state index in [1.54, 1.807) is 0 Å². The molecule has 0 bridgehead atoms. The first-order valence-electron chi connectivity index (χ1n) is 4.41. The van der Waals surface area contributed by atoms with Gasteiger partial charge in [0.15, 0.2) is 11.5 Å². The number of phenolic OH excluding ortho intramolecular Hbond substituents is 2. The minimum Gasteiger partial charge on any atom is -0.504 e. The standard InChI is InChI=1S/C11H10O5/c1-7(12)16-11(15)5-3-8-2-4-9(13)10(14)6-8/h2-6,13-14H,1H3. The molecule has 1 aromatic carbocycles. The van der Waals surface area contributed by atoms with E-state index in [0.29, 0.717) is 5.56 Å². The molecule has 1 rings (SSSR count). The summed E-state index contributed by atoms with van der Waals surface area (Å²) >= 11 is 0. The number of phenols is 2. The van der Waals surface area contributed by atoms with Gasteiger partial charge in [-0.2, -0.15) is 0 Å². The molecule has 0 saturated heterocycles. The lowest BCUT2D eigenvalue weighted by molar-refractivity contribution is -0.154. The predicted molar refractivity (Wildman–Crippen MR) is 55.6 cm³/mol. The molecule has 84 valence electrons. The first kappa shape index (κ1) is 11.8. The summed E-state index contributed by atoms with van der Waals surface area (Å²) in [4.78, 5) is 21.4. The van der Waals surface area contributed by atoms with E-state index >= 15 is 0 Å². The summed E-state index contributed by atoms with van der Waals surface area (Å²) in [5.74, 6) is -2.02. The highest BCUT2D eigenvalue weighted by molar-refractivity contribution is 5.94. The molecule has 0 fully saturated rings. The molecule has 5 nitrogen and oxygen atoms in total. The Labute approximate surface area is 91.6 Å².